The third-order valence-electron chi connectivity index (χ3n) is 4.95. The molecule has 1 aliphatic carbocycles. The number of nitrogens with zero attached hydrogens (tertiary/aromatic N) is 3. The zero-order valence-electron chi connectivity index (χ0n) is 12.6. The molecule has 114 valence electrons. The van der Waals surface area contributed by atoms with Gasteiger partial charge in [-0.2, -0.15) is 0 Å². The quantitative estimate of drug-likeness (QED) is 0.838. The molecule has 1 saturated carbocycles. The van der Waals surface area contributed by atoms with Crippen molar-refractivity contribution < 1.29 is 9.18 Å². The summed E-state index contributed by atoms with van der Waals surface area (Å²) in [5.74, 6) is 1.60. The fourth-order valence-corrected chi connectivity index (χ4v) is 3.28. The zero-order chi connectivity index (χ0) is 15.0. The minimum atomic E-state index is -0.290. The van der Waals surface area contributed by atoms with Crippen molar-refractivity contribution in [1.29, 1.82) is 0 Å². The molecule has 4 nitrogen and oxygen atoms in total. The smallest absolute Gasteiger partial charge is 0.226 e. The highest BCUT2D eigenvalue weighted by Gasteiger charge is 2.49. The molecule has 3 rings (SSSR count). The maximum absolute atomic E-state index is 13.8. The number of anilines is 1. The summed E-state index contributed by atoms with van der Waals surface area (Å²) in [5.41, 5.74) is 0. The van der Waals surface area contributed by atoms with E-state index in [9.17, 15) is 9.18 Å². The Morgan fingerprint density at radius 1 is 1.24 bits per heavy atom. The molecule has 0 radical (unpaired) electrons. The van der Waals surface area contributed by atoms with E-state index in [4.69, 9.17) is 0 Å². The van der Waals surface area contributed by atoms with Crippen molar-refractivity contribution in [1.82, 2.24) is 9.88 Å². The van der Waals surface area contributed by atoms with Crippen molar-refractivity contribution in [2.75, 3.05) is 31.1 Å². The molecule has 1 amide bonds. The predicted octanol–water partition coefficient (Wildman–Crippen LogP) is 2.16. The van der Waals surface area contributed by atoms with Crippen LogP contribution in [0.3, 0.4) is 0 Å². The van der Waals surface area contributed by atoms with E-state index in [1.54, 1.807) is 12.3 Å². The van der Waals surface area contributed by atoms with Gasteiger partial charge in [-0.3, -0.25) is 4.79 Å². The number of hydrogen-bond donors (Lipinski definition) is 0. The molecule has 2 aliphatic rings. The monoisotopic (exact) mass is 291 g/mol. The number of amides is 1. The standard InChI is InChI=1S/C16H22FN3O/c1-11-12(2)14(11)16(21)20-8-4-7-19(9-10-20)15-13(17)5-3-6-18-15/h3,5-6,11-12,14H,4,7-10H2,1-2H3/t11-,12+,14?. The van der Waals surface area contributed by atoms with E-state index < -0.39 is 0 Å². The Morgan fingerprint density at radius 2 is 2.00 bits per heavy atom. The van der Waals surface area contributed by atoms with E-state index >= 15 is 0 Å². The van der Waals surface area contributed by atoms with Gasteiger partial charge >= 0.3 is 0 Å². The highest BCUT2D eigenvalue weighted by molar-refractivity contribution is 5.82. The van der Waals surface area contributed by atoms with Crippen LogP contribution in [0.2, 0.25) is 0 Å². The summed E-state index contributed by atoms with van der Waals surface area (Å²) in [5, 5.41) is 0. The van der Waals surface area contributed by atoms with Crippen LogP contribution >= 0.6 is 0 Å². The molecule has 1 aromatic heterocycles. The number of rotatable bonds is 2. The first-order chi connectivity index (χ1) is 10.1. The Hall–Kier alpha value is -1.65. The van der Waals surface area contributed by atoms with E-state index in [-0.39, 0.29) is 17.6 Å². The first-order valence-corrected chi connectivity index (χ1v) is 7.74. The lowest BCUT2D eigenvalue weighted by molar-refractivity contribution is -0.132. The summed E-state index contributed by atoms with van der Waals surface area (Å²) < 4.78 is 13.8. The van der Waals surface area contributed by atoms with Crippen LogP contribution in [-0.4, -0.2) is 42.0 Å². The van der Waals surface area contributed by atoms with E-state index in [0.29, 0.717) is 30.7 Å². The van der Waals surface area contributed by atoms with E-state index in [1.165, 1.54) is 6.07 Å². The molecular weight excluding hydrogens is 269 g/mol. The number of carbonyl (C=O) groups excluding carboxylic acids is 1. The van der Waals surface area contributed by atoms with Gasteiger partial charge in [-0.05, 0) is 30.4 Å². The molecule has 0 bridgehead atoms. The van der Waals surface area contributed by atoms with Crippen LogP contribution in [-0.2, 0) is 4.79 Å². The van der Waals surface area contributed by atoms with Crippen LogP contribution in [0.1, 0.15) is 20.3 Å². The van der Waals surface area contributed by atoms with Gasteiger partial charge in [-0.1, -0.05) is 13.8 Å². The second-order valence-electron chi connectivity index (χ2n) is 6.22. The Bertz CT molecular complexity index is 528. The predicted molar refractivity (Wildman–Crippen MR) is 79.4 cm³/mol. The first kappa shape index (κ1) is 14.3. The van der Waals surface area contributed by atoms with Crippen molar-refractivity contribution >= 4 is 11.7 Å². The number of halogens is 1. The van der Waals surface area contributed by atoms with Crippen LogP contribution < -0.4 is 4.90 Å². The average molecular weight is 291 g/mol. The lowest BCUT2D eigenvalue weighted by Crippen LogP contribution is -2.37. The summed E-state index contributed by atoms with van der Waals surface area (Å²) in [6, 6.07) is 3.03. The highest BCUT2D eigenvalue weighted by atomic mass is 19.1. The van der Waals surface area contributed by atoms with Crippen molar-refractivity contribution in [3.63, 3.8) is 0 Å². The minimum absolute atomic E-state index is 0.197. The van der Waals surface area contributed by atoms with Crippen LogP contribution in [0, 0.1) is 23.6 Å². The van der Waals surface area contributed by atoms with Crippen molar-refractivity contribution in [2.24, 2.45) is 17.8 Å². The average Bonchev–Trinajstić information content (AvgIpc) is 3.15. The maximum Gasteiger partial charge on any atom is 0.226 e. The molecule has 1 aromatic rings. The zero-order valence-corrected chi connectivity index (χ0v) is 12.6. The fourth-order valence-electron chi connectivity index (χ4n) is 3.28. The third-order valence-corrected chi connectivity index (χ3v) is 4.95. The molecule has 0 spiro atoms. The topological polar surface area (TPSA) is 36.4 Å². The normalized spacial score (nSPS) is 29.2. The molecule has 2 heterocycles. The van der Waals surface area contributed by atoms with E-state index in [1.807, 2.05) is 9.80 Å². The summed E-state index contributed by atoms with van der Waals surface area (Å²) in [4.78, 5) is 20.5. The molecule has 2 fully saturated rings. The molecular formula is C16H22FN3O. The maximum atomic E-state index is 13.8. The van der Waals surface area contributed by atoms with Gasteiger partial charge in [0, 0.05) is 38.3 Å². The molecule has 3 atom stereocenters. The van der Waals surface area contributed by atoms with Gasteiger partial charge in [-0.15, -0.1) is 0 Å². The Morgan fingerprint density at radius 3 is 2.67 bits per heavy atom. The minimum Gasteiger partial charge on any atom is -0.352 e. The van der Waals surface area contributed by atoms with Crippen LogP contribution in [0.5, 0.6) is 0 Å². The van der Waals surface area contributed by atoms with Gasteiger partial charge in [0.2, 0.25) is 5.91 Å². The second-order valence-corrected chi connectivity index (χ2v) is 6.22. The van der Waals surface area contributed by atoms with Gasteiger partial charge in [0.15, 0.2) is 11.6 Å². The van der Waals surface area contributed by atoms with Gasteiger partial charge in [0.25, 0.3) is 0 Å². The Balaban J connectivity index is 1.65. The van der Waals surface area contributed by atoms with Crippen molar-refractivity contribution in [3.05, 3.63) is 24.1 Å². The van der Waals surface area contributed by atoms with Crippen LogP contribution in [0.15, 0.2) is 18.3 Å². The summed E-state index contributed by atoms with van der Waals surface area (Å²) in [6.45, 7) is 7.09. The van der Waals surface area contributed by atoms with Crippen molar-refractivity contribution in [2.45, 2.75) is 20.3 Å². The molecule has 1 aliphatic heterocycles. The van der Waals surface area contributed by atoms with E-state index in [0.717, 1.165) is 19.5 Å². The van der Waals surface area contributed by atoms with E-state index in [2.05, 4.69) is 18.8 Å². The highest BCUT2D eigenvalue weighted by Crippen LogP contribution is 2.46. The van der Waals surface area contributed by atoms with Gasteiger partial charge in [0.05, 0.1) is 0 Å². The van der Waals surface area contributed by atoms with Crippen molar-refractivity contribution in [3.8, 4) is 0 Å². The number of hydrogen-bond acceptors (Lipinski definition) is 3. The summed E-state index contributed by atoms with van der Waals surface area (Å²) in [6.07, 6.45) is 2.47. The van der Waals surface area contributed by atoms with Gasteiger partial charge < -0.3 is 9.80 Å². The molecule has 0 aromatic carbocycles. The lowest BCUT2D eigenvalue weighted by Gasteiger charge is -2.23. The third kappa shape index (κ3) is 2.74. The Kier molecular flexibility index (Phi) is 3.83. The largest absolute Gasteiger partial charge is 0.352 e. The molecule has 1 unspecified atom stereocenters. The lowest BCUT2D eigenvalue weighted by atomic mass is 10.2. The number of carbonyl (C=O) groups is 1. The fraction of sp³-hybridized carbons (Fsp3) is 0.625. The first-order valence-electron chi connectivity index (χ1n) is 7.74. The molecule has 5 heteroatoms. The molecule has 0 N–H and O–H groups in total. The summed E-state index contributed by atoms with van der Waals surface area (Å²) >= 11 is 0. The summed E-state index contributed by atoms with van der Waals surface area (Å²) in [7, 11) is 0. The SMILES string of the molecule is C[C@@H]1C(C(=O)N2CCCN(c3ncccc3F)CC2)[C@@H]1C. The van der Waals surface area contributed by atoms with Crippen LogP contribution in [0.4, 0.5) is 10.2 Å². The molecule has 21 heavy (non-hydrogen) atoms. The van der Waals surface area contributed by atoms with Gasteiger partial charge in [-0.25, -0.2) is 9.37 Å². The molecule has 1 saturated heterocycles. The van der Waals surface area contributed by atoms with Crippen LogP contribution in [0.25, 0.3) is 0 Å². The second kappa shape index (κ2) is 5.62. The number of pyridine rings is 1. The number of aromatic nitrogens is 1. The Labute approximate surface area is 125 Å². The van der Waals surface area contributed by atoms with Gasteiger partial charge in [0.1, 0.15) is 0 Å².